The molecule has 21 heavy (non-hydrogen) atoms. The van der Waals surface area contributed by atoms with Crippen LogP contribution >= 0.6 is 0 Å². The average Bonchev–Trinajstić information content (AvgIpc) is 2.24. The zero-order valence-electron chi connectivity index (χ0n) is 13.7. The second-order valence-corrected chi connectivity index (χ2v) is 7.20. The molecule has 4 nitrogen and oxygen atoms in total. The third kappa shape index (κ3) is 7.14. The zero-order valence-corrected chi connectivity index (χ0v) is 13.7. The molecule has 2 rings (SSSR count). The Balaban J connectivity index is 0.000000211. The number of hydrogen-bond donors (Lipinski definition) is 3. The van der Waals surface area contributed by atoms with Gasteiger partial charge in [0, 0.05) is 16.8 Å². The molecule has 0 saturated carbocycles. The van der Waals surface area contributed by atoms with E-state index in [1.807, 2.05) is 6.07 Å². The first-order chi connectivity index (χ1) is 9.60. The van der Waals surface area contributed by atoms with E-state index in [1.54, 1.807) is 24.3 Å². The molecule has 0 bridgehead atoms. The molecule has 0 aliphatic carbocycles. The lowest BCUT2D eigenvalue weighted by atomic mass is 9.77. The fourth-order valence-corrected chi connectivity index (χ4v) is 3.48. The van der Waals surface area contributed by atoms with Gasteiger partial charge in [0.15, 0.2) is 0 Å². The highest BCUT2D eigenvalue weighted by molar-refractivity contribution is 5.82. The number of amides is 1. The van der Waals surface area contributed by atoms with Crippen LogP contribution in [0.3, 0.4) is 0 Å². The molecule has 1 aliphatic rings. The SMILES string of the molecule is CC1CC(C)(C)NC(C)(C)C1.O=C(O)Nc1ccccc1. The lowest BCUT2D eigenvalue weighted by molar-refractivity contribution is 0.138. The minimum absolute atomic E-state index is 0.334. The second kappa shape index (κ2) is 6.94. The Morgan fingerprint density at radius 3 is 2.00 bits per heavy atom. The summed E-state index contributed by atoms with van der Waals surface area (Å²) in [6.45, 7) is 11.5. The minimum Gasteiger partial charge on any atom is -0.465 e. The van der Waals surface area contributed by atoms with Gasteiger partial charge in [-0.05, 0) is 58.6 Å². The summed E-state index contributed by atoms with van der Waals surface area (Å²) in [7, 11) is 0. The summed E-state index contributed by atoms with van der Waals surface area (Å²) in [6.07, 6.45) is 1.57. The fourth-order valence-electron chi connectivity index (χ4n) is 3.48. The molecule has 0 aromatic heterocycles. The van der Waals surface area contributed by atoms with Crippen molar-refractivity contribution in [3.8, 4) is 0 Å². The topological polar surface area (TPSA) is 61.4 Å². The summed E-state index contributed by atoms with van der Waals surface area (Å²) >= 11 is 0. The highest BCUT2D eigenvalue weighted by Gasteiger charge is 2.35. The predicted molar refractivity (Wildman–Crippen MR) is 87.8 cm³/mol. The average molecular weight is 292 g/mol. The van der Waals surface area contributed by atoms with Gasteiger partial charge < -0.3 is 10.4 Å². The first-order valence-electron chi connectivity index (χ1n) is 7.44. The molecule has 1 fully saturated rings. The van der Waals surface area contributed by atoms with Crippen LogP contribution in [0.2, 0.25) is 0 Å². The van der Waals surface area contributed by atoms with E-state index in [4.69, 9.17) is 5.11 Å². The Hall–Kier alpha value is -1.55. The van der Waals surface area contributed by atoms with E-state index in [-0.39, 0.29) is 0 Å². The zero-order chi connectivity index (χ0) is 16.1. The maximum Gasteiger partial charge on any atom is 0.409 e. The van der Waals surface area contributed by atoms with Gasteiger partial charge in [0.05, 0.1) is 0 Å². The van der Waals surface area contributed by atoms with E-state index < -0.39 is 6.09 Å². The molecule has 3 N–H and O–H groups in total. The number of hydrogen-bond acceptors (Lipinski definition) is 2. The number of para-hydroxylation sites is 1. The van der Waals surface area contributed by atoms with Crippen molar-refractivity contribution in [1.82, 2.24) is 5.32 Å². The number of benzene rings is 1. The van der Waals surface area contributed by atoms with Crippen molar-refractivity contribution in [2.45, 2.75) is 58.5 Å². The Labute approximate surface area is 128 Å². The van der Waals surface area contributed by atoms with Gasteiger partial charge in [-0.25, -0.2) is 4.79 Å². The smallest absolute Gasteiger partial charge is 0.409 e. The number of nitrogens with one attached hydrogen (secondary N) is 2. The highest BCUT2D eigenvalue weighted by atomic mass is 16.4. The van der Waals surface area contributed by atoms with Crippen molar-refractivity contribution in [1.29, 1.82) is 0 Å². The predicted octanol–water partition coefficient (Wildman–Crippen LogP) is 4.34. The Morgan fingerprint density at radius 1 is 1.14 bits per heavy atom. The van der Waals surface area contributed by atoms with E-state index in [0.717, 1.165) is 5.92 Å². The third-order valence-corrected chi connectivity index (χ3v) is 3.42. The molecular formula is C17H28N2O2. The number of carbonyl (C=O) groups is 1. The van der Waals surface area contributed by atoms with Gasteiger partial charge in [-0.2, -0.15) is 0 Å². The minimum atomic E-state index is -1.04. The molecular weight excluding hydrogens is 264 g/mol. The lowest BCUT2D eigenvalue weighted by Crippen LogP contribution is -2.57. The van der Waals surface area contributed by atoms with Crippen LogP contribution in [-0.4, -0.2) is 22.3 Å². The molecule has 1 amide bonds. The van der Waals surface area contributed by atoms with Crippen LogP contribution in [-0.2, 0) is 0 Å². The number of piperidine rings is 1. The van der Waals surface area contributed by atoms with Gasteiger partial charge in [0.25, 0.3) is 0 Å². The fraction of sp³-hybridized carbons (Fsp3) is 0.588. The Kier molecular flexibility index (Phi) is 5.78. The molecule has 0 spiro atoms. The largest absolute Gasteiger partial charge is 0.465 e. The van der Waals surface area contributed by atoms with Crippen LogP contribution in [0, 0.1) is 5.92 Å². The van der Waals surface area contributed by atoms with Crippen molar-refractivity contribution in [2.75, 3.05) is 5.32 Å². The van der Waals surface area contributed by atoms with Crippen LogP contribution in [0.1, 0.15) is 47.5 Å². The van der Waals surface area contributed by atoms with Crippen molar-refractivity contribution < 1.29 is 9.90 Å². The van der Waals surface area contributed by atoms with E-state index in [9.17, 15) is 4.79 Å². The van der Waals surface area contributed by atoms with Crippen molar-refractivity contribution in [3.05, 3.63) is 30.3 Å². The highest BCUT2D eigenvalue weighted by Crippen LogP contribution is 2.31. The lowest BCUT2D eigenvalue weighted by Gasteiger charge is -2.45. The van der Waals surface area contributed by atoms with E-state index in [1.165, 1.54) is 12.8 Å². The third-order valence-electron chi connectivity index (χ3n) is 3.42. The van der Waals surface area contributed by atoms with Gasteiger partial charge in [0.1, 0.15) is 0 Å². The molecule has 4 heteroatoms. The monoisotopic (exact) mass is 292 g/mol. The van der Waals surface area contributed by atoms with Crippen molar-refractivity contribution in [2.24, 2.45) is 5.92 Å². The molecule has 118 valence electrons. The molecule has 0 atom stereocenters. The molecule has 1 aliphatic heterocycles. The maximum atomic E-state index is 10.1. The Bertz CT molecular complexity index is 439. The summed E-state index contributed by atoms with van der Waals surface area (Å²) in [6, 6.07) is 8.74. The number of carboxylic acid groups (broad SMARTS) is 1. The van der Waals surface area contributed by atoms with Gasteiger partial charge in [-0.1, -0.05) is 25.1 Å². The van der Waals surface area contributed by atoms with Crippen molar-refractivity contribution in [3.63, 3.8) is 0 Å². The van der Waals surface area contributed by atoms with Crippen LogP contribution in [0.5, 0.6) is 0 Å². The normalized spacial score (nSPS) is 20.0. The van der Waals surface area contributed by atoms with Crippen LogP contribution in [0.25, 0.3) is 0 Å². The first kappa shape index (κ1) is 17.5. The second-order valence-electron chi connectivity index (χ2n) is 7.20. The van der Waals surface area contributed by atoms with Gasteiger partial charge in [-0.3, -0.25) is 5.32 Å². The Morgan fingerprint density at radius 2 is 1.62 bits per heavy atom. The van der Waals surface area contributed by atoms with Crippen molar-refractivity contribution >= 4 is 11.8 Å². The molecule has 1 heterocycles. The van der Waals surface area contributed by atoms with Crippen LogP contribution < -0.4 is 10.6 Å². The maximum absolute atomic E-state index is 10.1. The molecule has 1 aromatic carbocycles. The van der Waals surface area contributed by atoms with Gasteiger partial charge >= 0.3 is 6.09 Å². The number of rotatable bonds is 1. The molecule has 0 unspecified atom stereocenters. The van der Waals surface area contributed by atoms with E-state index >= 15 is 0 Å². The van der Waals surface area contributed by atoms with Gasteiger partial charge in [0.2, 0.25) is 0 Å². The van der Waals surface area contributed by atoms with Crippen LogP contribution in [0.15, 0.2) is 30.3 Å². The van der Waals surface area contributed by atoms with E-state index in [2.05, 4.69) is 45.3 Å². The first-order valence-corrected chi connectivity index (χ1v) is 7.44. The number of anilines is 1. The quantitative estimate of drug-likeness (QED) is 0.721. The molecule has 1 saturated heterocycles. The summed E-state index contributed by atoms with van der Waals surface area (Å²) in [5.74, 6) is 0.862. The molecule has 1 aromatic rings. The standard InChI is InChI=1S/C10H21N.C7H7NO2/c1-8-6-9(2,3)11-10(4,5)7-8;9-7(10)8-6-4-2-1-3-5-6/h8,11H,6-7H2,1-5H3;1-5,8H,(H,9,10). The van der Waals surface area contributed by atoms with Crippen LogP contribution in [0.4, 0.5) is 10.5 Å². The van der Waals surface area contributed by atoms with Gasteiger partial charge in [-0.15, -0.1) is 0 Å². The summed E-state index contributed by atoms with van der Waals surface area (Å²) in [5.41, 5.74) is 1.26. The van der Waals surface area contributed by atoms with E-state index in [0.29, 0.717) is 16.8 Å². The summed E-state index contributed by atoms with van der Waals surface area (Å²) in [4.78, 5) is 10.1. The summed E-state index contributed by atoms with van der Waals surface area (Å²) in [5, 5.41) is 14.1. The summed E-state index contributed by atoms with van der Waals surface area (Å²) < 4.78 is 0. The molecule has 0 radical (unpaired) electrons.